The Labute approximate surface area is 108 Å². The van der Waals surface area contributed by atoms with Gasteiger partial charge in [-0.15, -0.1) is 0 Å². The molecule has 2 fully saturated rings. The van der Waals surface area contributed by atoms with Crippen molar-refractivity contribution in [3.63, 3.8) is 0 Å². The topological polar surface area (TPSA) is 49.3 Å². The fraction of sp³-hybridized carbons (Fsp3) is 0.923. The second-order valence-corrected chi connectivity index (χ2v) is 6.81. The summed E-state index contributed by atoms with van der Waals surface area (Å²) in [4.78, 5) is 11.8. The van der Waals surface area contributed by atoms with Crippen LogP contribution < -0.4 is 5.32 Å². The van der Waals surface area contributed by atoms with Gasteiger partial charge in [-0.3, -0.25) is 4.79 Å². The molecule has 2 rings (SSSR count). The van der Waals surface area contributed by atoms with E-state index in [1.807, 2.05) is 11.8 Å². The van der Waals surface area contributed by atoms with Crippen LogP contribution in [0.4, 0.5) is 0 Å². The number of nitrogens with one attached hydrogen (secondary N) is 1. The second-order valence-electron chi connectivity index (χ2n) is 5.40. The molecule has 0 spiro atoms. The number of aliphatic hydroxyl groups is 1. The van der Waals surface area contributed by atoms with Crippen molar-refractivity contribution in [2.24, 2.45) is 0 Å². The molecule has 1 heterocycles. The van der Waals surface area contributed by atoms with E-state index in [4.69, 9.17) is 0 Å². The maximum absolute atomic E-state index is 11.8. The molecule has 0 radical (unpaired) electrons. The van der Waals surface area contributed by atoms with Crippen molar-refractivity contribution in [1.29, 1.82) is 0 Å². The lowest BCUT2D eigenvalue weighted by molar-refractivity contribution is -0.127. The van der Waals surface area contributed by atoms with Crippen molar-refractivity contribution in [3.05, 3.63) is 0 Å². The molecule has 1 amide bonds. The smallest absolute Gasteiger partial charge is 0.222 e. The Bertz CT molecular complexity index is 258. The van der Waals surface area contributed by atoms with Crippen LogP contribution in [-0.4, -0.2) is 34.2 Å². The van der Waals surface area contributed by atoms with Crippen LogP contribution in [0.5, 0.6) is 0 Å². The van der Waals surface area contributed by atoms with Crippen LogP contribution in [0.25, 0.3) is 0 Å². The normalized spacial score (nSPS) is 27.9. The summed E-state index contributed by atoms with van der Waals surface area (Å²) in [6.45, 7) is 0.777. The highest BCUT2D eigenvalue weighted by molar-refractivity contribution is 8.00. The first kappa shape index (κ1) is 13.2. The zero-order chi connectivity index (χ0) is 12.1. The maximum atomic E-state index is 11.8. The molecule has 98 valence electrons. The molecule has 0 aromatic heterocycles. The van der Waals surface area contributed by atoms with Gasteiger partial charge in [-0.1, -0.05) is 19.3 Å². The minimum Gasteiger partial charge on any atom is -0.389 e. The van der Waals surface area contributed by atoms with E-state index in [2.05, 4.69) is 5.32 Å². The Hall–Kier alpha value is -0.220. The zero-order valence-corrected chi connectivity index (χ0v) is 11.2. The first-order valence-corrected chi connectivity index (χ1v) is 7.84. The zero-order valence-electron chi connectivity index (χ0n) is 10.4. The van der Waals surface area contributed by atoms with Crippen LogP contribution in [0.3, 0.4) is 0 Å². The van der Waals surface area contributed by atoms with E-state index in [0.717, 1.165) is 32.2 Å². The predicted molar refractivity (Wildman–Crippen MR) is 71.1 cm³/mol. The summed E-state index contributed by atoms with van der Waals surface area (Å²) >= 11 is 1.95. The molecule has 4 heteroatoms. The first-order chi connectivity index (χ1) is 8.18. The third-order valence-electron chi connectivity index (χ3n) is 3.82. The highest BCUT2D eigenvalue weighted by Gasteiger charge is 2.31. The Morgan fingerprint density at radius 2 is 2.06 bits per heavy atom. The van der Waals surface area contributed by atoms with Gasteiger partial charge in [0.25, 0.3) is 0 Å². The molecule has 1 saturated carbocycles. The van der Waals surface area contributed by atoms with E-state index >= 15 is 0 Å². The SMILES string of the molecule is O=C(CC1(O)CCCCC1)NCC1CCCS1. The highest BCUT2D eigenvalue weighted by Crippen LogP contribution is 2.31. The van der Waals surface area contributed by atoms with E-state index in [9.17, 15) is 9.90 Å². The Morgan fingerprint density at radius 1 is 1.29 bits per heavy atom. The highest BCUT2D eigenvalue weighted by atomic mass is 32.2. The number of amides is 1. The number of rotatable bonds is 4. The van der Waals surface area contributed by atoms with Gasteiger partial charge in [0.05, 0.1) is 12.0 Å². The molecular weight excluding hydrogens is 234 g/mol. The molecule has 2 N–H and O–H groups in total. The van der Waals surface area contributed by atoms with Gasteiger partial charge in [-0.2, -0.15) is 11.8 Å². The largest absolute Gasteiger partial charge is 0.389 e. The summed E-state index contributed by atoms with van der Waals surface area (Å²) in [5.41, 5.74) is -0.717. The molecule has 2 aliphatic rings. The fourth-order valence-corrected chi connectivity index (χ4v) is 3.98. The second kappa shape index (κ2) is 6.10. The number of carbonyl (C=O) groups is 1. The van der Waals surface area contributed by atoms with Gasteiger partial charge >= 0.3 is 0 Å². The molecule has 0 aromatic rings. The van der Waals surface area contributed by atoms with Crippen molar-refractivity contribution >= 4 is 17.7 Å². The summed E-state index contributed by atoms with van der Waals surface area (Å²) in [5, 5.41) is 13.8. The Kier molecular flexibility index (Phi) is 4.74. The van der Waals surface area contributed by atoms with Gasteiger partial charge in [-0.05, 0) is 31.4 Å². The minimum atomic E-state index is -0.717. The van der Waals surface area contributed by atoms with Gasteiger partial charge in [0.1, 0.15) is 0 Å². The molecule has 1 aliphatic heterocycles. The van der Waals surface area contributed by atoms with Crippen LogP contribution in [0, 0.1) is 0 Å². The first-order valence-electron chi connectivity index (χ1n) is 6.79. The minimum absolute atomic E-state index is 0.0295. The summed E-state index contributed by atoms with van der Waals surface area (Å²) in [5.74, 6) is 1.26. The lowest BCUT2D eigenvalue weighted by Crippen LogP contribution is -2.39. The Morgan fingerprint density at radius 3 is 2.71 bits per heavy atom. The molecule has 1 unspecified atom stereocenters. The maximum Gasteiger partial charge on any atom is 0.222 e. The van der Waals surface area contributed by atoms with Gasteiger partial charge < -0.3 is 10.4 Å². The lowest BCUT2D eigenvalue weighted by Gasteiger charge is -2.31. The molecule has 1 saturated heterocycles. The molecule has 3 nitrogen and oxygen atoms in total. The number of carbonyl (C=O) groups excluding carboxylic acids is 1. The van der Waals surface area contributed by atoms with Crippen molar-refractivity contribution in [2.45, 2.75) is 62.2 Å². The summed E-state index contributed by atoms with van der Waals surface area (Å²) in [6, 6.07) is 0. The number of hydrogen-bond donors (Lipinski definition) is 2. The summed E-state index contributed by atoms with van der Waals surface area (Å²) < 4.78 is 0. The van der Waals surface area contributed by atoms with Gasteiger partial charge in [0.15, 0.2) is 0 Å². The third-order valence-corrected chi connectivity index (χ3v) is 5.22. The van der Waals surface area contributed by atoms with Gasteiger partial charge in [-0.25, -0.2) is 0 Å². The fourth-order valence-electron chi connectivity index (χ4n) is 2.78. The molecule has 17 heavy (non-hydrogen) atoms. The van der Waals surface area contributed by atoms with Crippen molar-refractivity contribution in [1.82, 2.24) is 5.32 Å². The number of hydrogen-bond acceptors (Lipinski definition) is 3. The third kappa shape index (κ3) is 4.18. The van der Waals surface area contributed by atoms with Crippen LogP contribution in [0.1, 0.15) is 51.4 Å². The monoisotopic (exact) mass is 257 g/mol. The summed E-state index contributed by atoms with van der Waals surface area (Å²) in [6.07, 6.45) is 7.68. The van der Waals surface area contributed by atoms with Crippen LogP contribution in [0.15, 0.2) is 0 Å². The van der Waals surface area contributed by atoms with E-state index in [1.165, 1.54) is 25.0 Å². The standard InChI is InChI=1S/C13H23NO2S/c15-12(14-10-11-5-4-8-17-11)9-13(16)6-2-1-3-7-13/h11,16H,1-10H2,(H,14,15). The van der Waals surface area contributed by atoms with Crippen molar-refractivity contribution < 1.29 is 9.90 Å². The quantitative estimate of drug-likeness (QED) is 0.810. The van der Waals surface area contributed by atoms with Crippen LogP contribution in [-0.2, 0) is 4.79 Å². The lowest BCUT2D eigenvalue weighted by atomic mass is 9.82. The molecule has 0 aromatic carbocycles. The van der Waals surface area contributed by atoms with Crippen LogP contribution >= 0.6 is 11.8 Å². The van der Waals surface area contributed by atoms with Crippen LogP contribution in [0.2, 0.25) is 0 Å². The van der Waals surface area contributed by atoms with Crippen molar-refractivity contribution in [2.75, 3.05) is 12.3 Å². The molecule has 1 atom stereocenters. The van der Waals surface area contributed by atoms with E-state index in [0.29, 0.717) is 11.7 Å². The van der Waals surface area contributed by atoms with E-state index < -0.39 is 5.60 Å². The van der Waals surface area contributed by atoms with Crippen molar-refractivity contribution in [3.8, 4) is 0 Å². The number of thioether (sulfide) groups is 1. The molecule has 1 aliphatic carbocycles. The molecular formula is C13H23NO2S. The van der Waals surface area contributed by atoms with Gasteiger partial charge in [0, 0.05) is 11.8 Å². The van der Waals surface area contributed by atoms with E-state index in [-0.39, 0.29) is 5.91 Å². The Balaban J connectivity index is 1.68. The van der Waals surface area contributed by atoms with Gasteiger partial charge in [0.2, 0.25) is 5.91 Å². The average molecular weight is 257 g/mol. The average Bonchev–Trinajstić information content (AvgIpc) is 2.79. The predicted octanol–water partition coefficient (Wildman–Crippen LogP) is 2.08. The summed E-state index contributed by atoms with van der Waals surface area (Å²) in [7, 11) is 0. The molecule has 0 bridgehead atoms. The van der Waals surface area contributed by atoms with E-state index in [1.54, 1.807) is 0 Å².